The number of morpholine rings is 2. The monoisotopic (exact) mass is 1380 g/mol. The average molecular weight is 1390 g/mol. The Morgan fingerprint density at radius 3 is 1.45 bits per heavy atom. The Morgan fingerprint density at radius 1 is 0.588 bits per heavy atom. The first kappa shape index (κ1) is 69.1. The van der Waals surface area contributed by atoms with Gasteiger partial charge in [0.2, 0.25) is 11.8 Å². The molecule has 26 atom stereocenters. The Hall–Kier alpha value is -2.29. The van der Waals surface area contributed by atoms with Gasteiger partial charge < -0.3 is 53.2 Å². The summed E-state index contributed by atoms with van der Waals surface area (Å²) >= 11 is 5.98. The van der Waals surface area contributed by atoms with E-state index in [0.29, 0.717) is 128 Å². The molecule has 1 aromatic carbocycles. The van der Waals surface area contributed by atoms with Crippen LogP contribution in [0.1, 0.15) is 217 Å². The quantitative estimate of drug-likeness (QED) is 0.132. The summed E-state index contributed by atoms with van der Waals surface area (Å²) in [7, 11) is -3.97. The van der Waals surface area contributed by atoms with Gasteiger partial charge in [0, 0.05) is 48.2 Å². The lowest BCUT2D eigenvalue weighted by Crippen LogP contribution is -2.60. The van der Waals surface area contributed by atoms with Crippen molar-refractivity contribution >= 4 is 39.8 Å². The van der Waals surface area contributed by atoms with E-state index in [9.17, 15) is 33.0 Å². The van der Waals surface area contributed by atoms with Crippen molar-refractivity contribution in [3.8, 4) is 0 Å². The van der Waals surface area contributed by atoms with Gasteiger partial charge in [-0.05, 0) is 255 Å². The summed E-state index contributed by atoms with van der Waals surface area (Å²) in [6.45, 7) is 27.6. The number of carbonyl (C=O) groups excluding carboxylic acids is 3. The van der Waals surface area contributed by atoms with Crippen LogP contribution in [0.4, 0.5) is 0 Å². The second-order valence-corrected chi connectivity index (χ2v) is 39.7. The highest BCUT2D eigenvalue weighted by Gasteiger charge is 2.87. The zero-order chi connectivity index (χ0) is 68.2. The first-order chi connectivity index (χ1) is 46.0. The number of halogens is 1. The number of ether oxygens (including phenoxy) is 6. The number of aliphatic hydroxyl groups is 2. The lowest BCUT2D eigenvalue weighted by atomic mass is 9.41. The number of hydrogen-bond acceptors (Lipinski definition) is 14. The van der Waals surface area contributed by atoms with E-state index in [1.54, 1.807) is 12.1 Å². The number of benzene rings is 1. The summed E-state index contributed by atoms with van der Waals surface area (Å²) in [6.07, 6.45) is 22.8. The van der Waals surface area contributed by atoms with Gasteiger partial charge in [-0.1, -0.05) is 80.8 Å². The highest BCUT2D eigenvalue weighted by atomic mass is 35.5. The molecule has 16 nitrogen and oxygen atoms in total. The third kappa shape index (κ3) is 10.3. The van der Waals surface area contributed by atoms with Crippen LogP contribution in [0.3, 0.4) is 0 Å². The Kier molecular flexibility index (Phi) is 17.0. The van der Waals surface area contributed by atoms with Crippen LogP contribution >= 0.6 is 11.6 Å². The fraction of sp³-hybridized carbons (Fsp3) is 0.886. The number of nitrogens with zero attached hydrogens (tertiary/aromatic N) is 2. The molecule has 17 rings (SSSR count). The molecule has 18 heteroatoms. The third-order valence-corrected chi connectivity index (χ3v) is 34.8. The lowest BCUT2D eigenvalue weighted by Gasteiger charge is -2.64. The molecule has 4 spiro atoms. The molecule has 97 heavy (non-hydrogen) atoms. The van der Waals surface area contributed by atoms with Crippen molar-refractivity contribution in [2.45, 2.75) is 283 Å². The predicted molar refractivity (Wildman–Crippen MR) is 365 cm³/mol. The molecule has 12 aliphatic carbocycles. The SMILES string of the molecule is C[C@@H]1C[C@H](CC=O)O[C@H]2[C@H]1[C@@]1(C)CC[C@@]34CC35CCC(O[C@H]3CN(C(=O)CC6CC6)CCO3)C(C)(C)[C@@H]5CC[C@H]4[C@]1(C)[C@H]2O.C[C@@H]1C[C@H](COS(=O)(=O)c2ccc(Cl)cc2)O[C@H]2[C@H]1[C@@]1(C)CC[C@@]34CC35CCC(O[C@H]3CN(C(=O)CC6CC6)CCO3)C(C)(C)[C@@H]5CC[C@H]4[C@]1(C)[C@H]2O. The fourth-order valence-corrected chi connectivity index (χ4v) is 29.1. The minimum absolute atomic E-state index is 0.0278. The molecule has 4 aliphatic heterocycles. The van der Waals surface area contributed by atoms with Gasteiger partial charge in [-0.15, -0.1) is 0 Å². The van der Waals surface area contributed by atoms with E-state index in [4.69, 9.17) is 44.2 Å². The fourth-order valence-electron chi connectivity index (χ4n) is 28.1. The molecular weight excluding hydrogens is 1270 g/mol. The lowest BCUT2D eigenvalue weighted by molar-refractivity contribution is -0.248. The summed E-state index contributed by atoms with van der Waals surface area (Å²) in [5.74, 6) is 5.01. The van der Waals surface area contributed by atoms with Crippen LogP contribution in [-0.4, -0.2) is 154 Å². The molecule has 540 valence electrons. The number of carbonyl (C=O) groups is 3. The molecule has 4 saturated heterocycles. The number of amides is 2. The van der Waals surface area contributed by atoms with Crippen molar-refractivity contribution in [2.24, 2.45) is 113 Å². The van der Waals surface area contributed by atoms with E-state index >= 15 is 0 Å². The van der Waals surface area contributed by atoms with Gasteiger partial charge >= 0.3 is 0 Å². The minimum atomic E-state index is -3.97. The number of fused-ring (bicyclic) bond motifs is 8. The maximum Gasteiger partial charge on any atom is 0.297 e. The number of aliphatic hydroxyl groups excluding tert-OH is 2. The van der Waals surface area contributed by atoms with Crippen molar-refractivity contribution in [1.29, 1.82) is 0 Å². The summed E-state index contributed by atoms with van der Waals surface area (Å²) in [6, 6.07) is 6.01. The van der Waals surface area contributed by atoms with Gasteiger partial charge in [-0.2, -0.15) is 8.42 Å². The highest BCUT2D eigenvalue weighted by Crippen LogP contribution is 2.91. The smallest absolute Gasteiger partial charge is 0.297 e. The predicted octanol–water partition coefficient (Wildman–Crippen LogP) is 13.0. The van der Waals surface area contributed by atoms with E-state index in [0.717, 1.165) is 51.2 Å². The molecule has 2 amide bonds. The van der Waals surface area contributed by atoms with Crippen molar-refractivity contribution in [3.63, 3.8) is 0 Å². The van der Waals surface area contributed by atoms with Gasteiger partial charge in [0.1, 0.15) is 6.29 Å². The number of rotatable bonds is 14. The Labute approximate surface area is 584 Å². The van der Waals surface area contributed by atoms with Crippen LogP contribution in [0.25, 0.3) is 0 Å². The van der Waals surface area contributed by atoms with Gasteiger partial charge in [0.15, 0.2) is 12.6 Å². The molecule has 0 radical (unpaired) electrons. The largest absolute Gasteiger partial charge is 0.390 e. The van der Waals surface area contributed by atoms with Gasteiger partial charge in [-0.3, -0.25) is 13.8 Å². The van der Waals surface area contributed by atoms with Crippen LogP contribution in [0.15, 0.2) is 29.2 Å². The first-order valence-corrected chi connectivity index (χ1v) is 40.6. The highest BCUT2D eigenvalue weighted by molar-refractivity contribution is 7.86. The third-order valence-electron chi connectivity index (χ3n) is 33.2. The topological polar surface area (TPSA) is 197 Å². The van der Waals surface area contributed by atoms with Crippen LogP contribution in [-0.2, 0) is 57.1 Å². The second kappa shape index (κ2) is 23.9. The summed E-state index contributed by atoms with van der Waals surface area (Å²) in [5, 5.41) is 25.3. The van der Waals surface area contributed by atoms with Gasteiger partial charge in [-0.25, -0.2) is 0 Å². The zero-order valence-electron chi connectivity index (χ0n) is 60.1. The molecule has 16 fully saturated rings. The normalized spacial score (nSPS) is 50.2. The molecule has 4 heterocycles. The van der Waals surface area contributed by atoms with Crippen LogP contribution < -0.4 is 0 Å². The zero-order valence-corrected chi connectivity index (χ0v) is 61.7. The average Bonchev–Trinajstić information content (AvgIpc) is 1.47. The van der Waals surface area contributed by atoms with Crippen LogP contribution in [0, 0.1) is 113 Å². The van der Waals surface area contributed by atoms with E-state index < -0.39 is 28.4 Å². The molecule has 0 aromatic heterocycles. The maximum absolute atomic E-state index is 13.0. The number of aldehydes is 1. The molecular formula is C79H117ClN2O14S. The molecule has 12 saturated carbocycles. The minimum Gasteiger partial charge on any atom is -0.390 e. The summed E-state index contributed by atoms with van der Waals surface area (Å²) in [5.41, 5.74) is 0.595. The van der Waals surface area contributed by atoms with Crippen molar-refractivity contribution in [3.05, 3.63) is 29.3 Å². The van der Waals surface area contributed by atoms with Crippen molar-refractivity contribution < 1.29 is 65.6 Å². The van der Waals surface area contributed by atoms with Gasteiger partial charge in [0.05, 0.1) is 86.6 Å². The Bertz CT molecular complexity index is 3330. The summed E-state index contributed by atoms with van der Waals surface area (Å²) < 4.78 is 70.9. The maximum atomic E-state index is 13.0. The van der Waals surface area contributed by atoms with E-state index in [1.807, 2.05) is 9.80 Å². The second-order valence-electron chi connectivity index (χ2n) is 37.7. The van der Waals surface area contributed by atoms with Crippen molar-refractivity contribution in [1.82, 2.24) is 9.80 Å². The first-order valence-electron chi connectivity index (χ1n) is 38.8. The Balaban J connectivity index is 0.000000155. The number of hydrogen-bond donors (Lipinski definition) is 2. The summed E-state index contributed by atoms with van der Waals surface area (Å²) in [4.78, 5) is 41.2. The molecule has 2 N–H and O–H groups in total. The Morgan fingerprint density at radius 2 is 1.01 bits per heavy atom. The van der Waals surface area contributed by atoms with E-state index in [-0.39, 0.29) is 122 Å². The van der Waals surface area contributed by atoms with Gasteiger partial charge in [0.25, 0.3) is 10.1 Å². The molecule has 0 bridgehead atoms. The van der Waals surface area contributed by atoms with E-state index in [2.05, 4.69) is 69.2 Å². The van der Waals surface area contributed by atoms with Crippen LogP contribution in [0.5, 0.6) is 0 Å². The molecule has 16 aliphatic rings. The van der Waals surface area contributed by atoms with E-state index in [1.165, 1.54) is 89.2 Å². The standard InChI is InChI=1S/C42H60ClNO8S.C37H57NO6/c1-25-20-28(23-50-53(47,48)29-10-8-27(43)9-11-29)51-36-35(25)39(4)16-17-42-24-41(42)15-14-32(38(2,3)30(41)12-13-31(42)40(39,5)37(36)46)52-34-22-44(18-19-49-34)33(45)21-26-6-7-26;1-22-18-24(11-16-39)43-31-30(22)34(4)13-14-37-21-36(37)12-10-27(33(2,3)25(36)8-9-26(37)35(34,5)32(31)41)44-29-20-38(15-17-42-29)28(40)19-23-6-7-23/h8-11,25-26,28,30-32,34-37,46H,6-7,12-24H2,1-5H3;16,22-27,29-32,41H,6-15,17-21H2,1-5H3/t25-,28-,30+,31+,32?,34+,35+,36+,37+,39-,40-,41?,42+;22-,24+,25+,26+,27?,29+,30+,31+,32+,34-,35-,36?,37+/m11/s1. The van der Waals surface area contributed by atoms with Crippen LogP contribution in [0.2, 0.25) is 5.02 Å². The molecule has 4 unspecified atom stereocenters. The van der Waals surface area contributed by atoms with Crippen molar-refractivity contribution in [2.75, 3.05) is 46.0 Å². The molecule has 1 aromatic rings.